The molecule has 8 heteroatoms. The van der Waals surface area contributed by atoms with Crippen molar-refractivity contribution in [2.24, 2.45) is 5.92 Å². The average Bonchev–Trinajstić information content (AvgIpc) is 3.25. The van der Waals surface area contributed by atoms with Crippen molar-refractivity contribution in [1.82, 2.24) is 15.6 Å². The van der Waals surface area contributed by atoms with Crippen LogP contribution in [-0.4, -0.2) is 38.8 Å². The van der Waals surface area contributed by atoms with Crippen LogP contribution in [0.5, 0.6) is 11.8 Å². The van der Waals surface area contributed by atoms with E-state index in [0.29, 0.717) is 0 Å². The quantitative estimate of drug-likeness (QED) is 0.118. The molecule has 3 aromatic carbocycles. The number of H-pyrrole nitrogens is 1. The third-order valence-electron chi connectivity index (χ3n) is 7.07. The molecule has 0 fully saturated rings. The highest BCUT2D eigenvalue weighted by Gasteiger charge is 2.31. The van der Waals surface area contributed by atoms with Crippen molar-refractivity contribution >= 4 is 23.7 Å². The number of aromatic nitrogens is 1. The third kappa shape index (κ3) is 7.34. The molecule has 0 radical (unpaired) electrons. The number of ketones is 1. The van der Waals surface area contributed by atoms with Gasteiger partial charge in [-0.3, -0.25) is 19.4 Å². The van der Waals surface area contributed by atoms with Crippen LogP contribution in [0.3, 0.4) is 0 Å². The summed E-state index contributed by atoms with van der Waals surface area (Å²) in [4.78, 5) is 41.7. The normalized spacial score (nSPS) is 12.7. The zero-order chi connectivity index (χ0) is 30.2. The van der Waals surface area contributed by atoms with Gasteiger partial charge in [0.2, 0.25) is 17.7 Å². The molecule has 2 amide bonds. The molecule has 5 N–H and O–H groups in total. The Morgan fingerprint density at radius 3 is 1.98 bits per heavy atom. The van der Waals surface area contributed by atoms with E-state index in [9.17, 15) is 24.6 Å². The Hall–Kier alpha value is -5.11. The van der Waals surface area contributed by atoms with Gasteiger partial charge < -0.3 is 20.8 Å². The summed E-state index contributed by atoms with van der Waals surface area (Å²) in [5.74, 6) is -2.41. The Labute approximate surface area is 245 Å². The lowest BCUT2D eigenvalue weighted by atomic mass is 9.93. The minimum absolute atomic E-state index is 0.0682. The van der Waals surface area contributed by atoms with Crippen LogP contribution in [0.25, 0.3) is 17.2 Å². The van der Waals surface area contributed by atoms with Crippen LogP contribution in [0.2, 0.25) is 0 Å². The van der Waals surface area contributed by atoms with Gasteiger partial charge in [-0.05, 0) is 41.2 Å². The molecule has 1 aromatic heterocycles. The number of rotatable bonds is 11. The molecule has 4 rings (SSSR count). The molecular formula is C34H35N3O5. The predicted molar refractivity (Wildman–Crippen MR) is 163 cm³/mol. The maximum atomic E-state index is 13.2. The Balaban J connectivity index is 1.45. The van der Waals surface area contributed by atoms with Gasteiger partial charge in [0.05, 0.1) is 24.1 Å². The zero-order valence-corrected chi connectivity index (χ0v) is 23.8. The number of carbonyl (C=O) groups excluding carboxylic acids is 3. The standard InChI is InChI=1S/C34H35N3O5/c1-21(2)31(32(40)30-22(3)33(41)37-34(30)42)36-29(39)20-27(26-12-8-5-9-13-26)35-28(38)19-16-23-14-17-25(18-15-23)24-10-6-4-7-11-24/h4-19,21,27,31,37,41-42H,20H2,1-3H3,(H,35,38)(H,36,39)/t27-,31-/m0/s1. The van der Waals surface area contributed by atoms with E-state index in [1.165, 1.54) is 13.0 Å². The largest absolute Gasteiger partial charge is 0.494 e. The highest BCUT2D eigenvalue weighted by Crippen LogP contribution is 2.30. The van der Waals surface area contributed by atoms with Gasteiger partial charge in [-0.2, -0.15) is 0 Å². The lowest BCUT2D eigenvalue weighted by Gasteiger charge is -2.24. The van der Waals surface area contributed by atoms with Crippen molar-refractivity contribution in [2.75, 3.05) is 0 Å². The third-order valence-corrected chi connectivity index (χ3v) is 7.07. The summed E-state index contributed by atoms with van der Waals surface area (Å²) >= 11 is 0. The van der Waals surface area contributed by atoms with Gasteiger partial charge in [-0.1, -0.05) is 98.8 Å². The Kier molecular flexibility index (Phi) is 9.60. The first kappa shape index (κ1) is 29.9. The van der Waals surface area contributed by atoms with Crippen LogP contribution < -0.4 is 10.6 Å². The van der Waals surface area contributed by atoms with Crippen LogP contribution in [0.4, 0.5) is 0 Å². The number of amides is 2. The summed E-state index contributed by atoms with van der Waals surface area (Å²) < 4.78 is 0. The number of aromatic hydroxyl groups is 2. The predicted octanol–water partition coefficient (Wildman–Crippen LogP) is 5.69. The molecule has 0 aliphatic heterocycles. The van der Waals surface area contributed by atoms with E-state index < -0.39 is 29.7 Å². The van der Waals surface area contributed by atoms with E-state index in [0.717, 1.165) is 22.3 Å². The molecular weight excluding hydrogens is 530 g/mol. The van der Waals surface area contributed by atoms with E-state index in [-0.39, 0.29) is 35.3 Å². The fourth-order valence-electron chi connectivity index (χ4n) is 4.72. The van der Waals surface area contributed by atoms with Gasteiger partial charge in [-0.15, -0.1) is 0 Å². The molecule has 0 aliphatic carbocycles. The second-order valence-electron chi connectivity index (χ2n) is 10.5. The lowest BCUT2D eigenvalue weighted by Crippen LogP contribution is -2.45. The zero-order valence-electron chi connectivity index (χ0n) is 23.8. The second-order valence-corrected chi connectivity index (χ2v) is 10.5. The SMILES string of the molecule is Cc1c(O)[nH]c(O)c1C(=O)[C@@H](NC(=O)C[C@H](NC(=O)C=Cc1ccc(-c2ccccc2)cc1)c1ccccc1)C(C)C. The summed E-state index contributed by atoms with van der Waals surface area (Å²) in [6.45, 7) is 5.05. The Morgan fingerprint density at radius 1 is 0.810 bits per heavy atom. The van der Waals surface area contributed by atoms with Crippen molar-refractivity contribution in [3.8, 4) is 22.9 Å². The van der Waals surface area contributed by atoms with E-state index >= 15 is 0 Å². The van der Waals surface area contributed by atoms with Crippen molar-refractivity contribution in [3.05, 3.63) is 113 Å². The highest BCUT2D eigenvalue weighted by atomic mass is 16.3. The summed E-state index contributed by atoms with van der Waals surface area (Å²) in [6.07, 6.45) is 3.02. The monoisotopic (exact) mass is 565 g/mol. The summed E-state index contributed by atoms with van der Waals surface area (Å²) in [6, 6.07) is 25.4. The number of aromatic amines is 1. The maximum Gasteiger partial charge on any atom is 0.244 e. The van der Waals surface area contributed by atoms with Crippen LogP contribution in [0, 0.1) is 12.8 Å². The van der Waals surface area contributed by atoms with Crippen molar-refractivity contribution in [3.63, 3.8) is 0 Å². The fraction of sp³-hybridized carbons (Fsp3) is 0.206. The van der Waals surface area contributed by atoms with Gasteiger partial charge in [0.25, 0.3) is 0 Å². The molecule has 0 saturated carbocycles. The van der Waals surface area contributed by atoms with Gasteiger partial charge >= 0.3 is 0 Å². The Morgan fingerprint density at radius 2 is 1.40 bits per heavy atom. The van der Waals surface area contributed by atoms with Crippen LogP contribution in [-0.2, 0) is 9.59 Å². The molecule has 42 heavy (non-hydrogen) atoms. The van der Waals surface area contributed by atoms with E-state index in [1.54, 1.807) is 19.9 Å². The molecule has 0 bridgehead atoms. The van der Waals surface area contributed by atoms with Crippen molar-refractivity contribution in [1.29, 1.82) is 0 Å². The average molecular weight is 566 g/mol. The molecule has 0 aliphatic rings. The number of hydrogen-bond acceptors (Lipinski definition) is 5. The first-order chi connectivity index (χ1) is 20.1. The van der Waals surface area contributed by atoms with Gasteiger partial charge in [0.1, 0.15) is 0 Å². The number of carbonyl (C=O) groups is 3. The van der Waals surface area contributed by atoms with Crippen molar-refractivity contribution < 1.29 is 24.6 Å². The van der Waals surface area contributed by atoms with E-state index in [4.69, 9.17) is 0 Å². The number of nitrogens with one attached hydrogen (secondary N) is 3. The first-order valence-electron chi connectivity index (χ1n) is 13.8. The molecule has 2 atom stereocenters. The second kappa shape index (κ2) is 13.5. The molecule has 8 nitrogen and oxygen atoms in total. The topological polar surface area (TPSA) is 132 Å². The molecule has 4 aromatic rings. The fourth-order valence-corrected chi connectivity index (χ4v) is 4.72. The lowest BCUT2D eigenvalue weighted by molar-refractivity contribution is -0.123. The van der Waals surface area contributed by atoms with Crippen LogP contribution >= 0.6 is 0 Å². The molecule has 0 spiro atoms. The van der Waals surface area contributed by atoms with E-state index in [1.807, 2.05) is 84.9 Å². The molecule has 216 valence electrons. The number of hydrogen-bond donors (Lipinski definition) is 5. The summed E-state index contributed by atoms with van der Waals surface area (Å²) in [5.41, 5.74) is 3.90. The number of Topliss-reactive ketones (excluding diaryl/α,β-unsaturated/α-hetero) is 1. The molecule has 0 saturated heterocycles. The van der Waals surface area contributed by atoms with Crippen molar-refractivity contribution in [2.45, 2.75) is 39.3 Å². The van der Waals surface area contributed by atoms with Gasteiger partial charge in [-0.25, -0.2) is 0 Å². The minimum atomic E-state index is -0.955. The van der Waals surface area contributed by atoms with Crippen LogP contribution in [0.15, 0.2) is 91.0 Å². The highest BCUT2D eigenvalue weighted by molar-refractivity contribution is 6.05. The summed E-state index contributed by atoms with van der Waals surface area (Å²) in [7, 11) is 0. The Bertz CT molecular complexity index is 1560. The smallest absolute Gasteiger partial charge is 0.244 e. The minimum Gasteiger partial charge on any atom is -0.494 e. The van der Waals surface area contributed by atoms with Gasteiger partial charge in [0, 0.05) is 11.6 Å². The van der Waals surface area contributed by atoms with Crippen LogP contribution in [0.1, 0.15) is 53.4 Å². The first-order valence-corrected chi connectivity index (χ1v) is 13.8. The van der Waals surface area contributed by atoms with E-state index in [2.05, 4.69) is 15.6 Å². The molecule has 0 unspecified atom stereocenters. The molecule has 1 heterocycles. The summed E-state index contributed by atoms with van der Waals surface area (Å²) in [5, 5.41) is 25.7. The maximum absolute atomic E-state index is 13.2. The number of benzene rings is 3. The van der Waals surface area contributed by atoms with Gasteiger partial charge in [0.15, 0.2) is 11.7 Å².